The first kappa shape index (κ1) is 12.5. The molecular weight excluding hydrogens is 310 g/mol. The molecular formula is C12H13N5O4S. The number of nitrogens with one attached hydrogen (secondary N) is 1. The number of terminal acetylenes is 1. The van der Waals surface area contributed by atoms with Gasteiger partial charge in [0.1, 0.15) is 23.4 Å². The summed E-state index contributed by atoms with van der Waals surface area (Å²) in [6, 6.07) is 0. The van der Waals surface area contributed by atoms with Crippen LogP contribution in [-0.4, -0.2) is 59.2 Å². The van der Waals surface area contributed by atoms with Gasteiger partial charge in [-0.1, -0.05) is 18.1 Å². The fourth-order valence-corrected chi connectivity index (χ4v) is 2.61. The van der Waals surface area contributed by atoms with E-state index in [0.29, 0.717) is 0 Å². The summed E-state index contributed by atoms with van der Waals surface area (Å²) in [5.41, 5.74) is 3.73. The van der Waals surface area contributed by atoms with E-state index in [2.05, 4.69) is 15.0 Å². The van der Waals surface area contributed by atoms with Crippen LogP contribution in [0.2, 0.25) is 0 Å². The number of hydrogen-bond donors (Lipinski definition) is 5. The number of nitrogen functional groups attached to an aromatic ring is 1. The Hall–Kier alpha value is -2.03. The van der Waals surface area contributed by atoms with E-state index in [9.17, 15) is 15.3 Å². The fourth-order valence-electron chi connectivity index (χ4n) is 2.36. The zero-order chi connectivity index (χ0) is 17.9. The number of anilines is 1. The second-order valence-corrected chi connectivity index (χ2v) is 5.12. The maximum Gasteiger partial charge on any atom is 0.200 e. The minimum Gasteiger partial charge on any atom is -0.394 e. The molecule has 10 heteroatoms. The summed E-state index contributed by atoms with van der Waals surface area (Å²) in [5.74, 6) is 1.97. The summed E-state index contributed by atoms with van der Waals surface area (Å²) in [5, 5.41) is 30.3. The monoisotopic (exact) mass is 325 g/mol. The lowest BCUT2D eigenvalue weighted by Gasteiger charge is -2.26. The third-order valence-corrected chi connectivity index (χ3v) is 3.75. The molecule has 6 N–H and O–H groups in total. The van der Waals surface area contributed by atoms with Gasteiger partial charge in [-0.25, -0.2) is 9.97 Å². The molecule has 0 aliphatic carbocycles. The van der Waals surface area contributed by atoms with E-state index in [4.69, 9.17) is 31.9 Å². The lowest BCUT2D eigenvalue weighted by Crippen LogP contribution is -2.45. The Bertz CT molecular complexity index is 903. The molecule has 0 bridgehead atoms. The molecule has 0 spiro atoms. The molecule has 0 aromatic carbocycles. The maximum atomic E-state index is 10.6. The number of aromatic amines is 1. The summed E-state index contributed by atoms with van der Waals surface area (Å²) in [4.78, 5) is 10.6. The van der Waals surface area contributed by atoms with Gasteiger partial charge in [-0.2, -0.15) is 0 Å². The van der Waals surface area contributed by atoms with Crippen LogP contribution in [0.3, 0.4) is 0 Å². The van der Waals surface area contributed by atoms with Crippen LogP contribution >= 0.6 is 12.2 Å². The minimum atomic E-state index is -2.94. The van der Waals surface area contributed by atoms with E-state index in [-0.39, 0.29) is 21.8 Å². The van der Waals surface area contributed by atoms with Crippen molar-refractivity contribution in [2.75, 3.05) is 12.3 Å². The van der Waals surface area contributed by atoms with E-state index in [1.54, 1.807) is 0 Å². The molecule has 4 atom stereocenters. The quantitative estimate of drug-likeness (QED) is 0.338. The molecule has 0 saturated carbocycles. The molecule has 116 valence electrons. The van der Waals surface area contributed by atoms with E-state index in [1.807, 2.05) is 5.92 Å². The smallest absolute Gasteiger partial charge is 0.200 e. The van der Waals surface area contributed by atoms with Crippen LogP contribution in [0.5, 0.6) is 0 Å². The zero-order valence-electron chi connectivity index (χ0n) is 13.0. The fraction of sp³-hybridized carbons (Fsp3) is 0.417. The van der Waals surface area contributed by atoms with Crippen molar-refractivity contribution in [2.45, 2.75) is 24.0 Å². The Labute approximate surface area is 132 Å². The third-order valence-electron chi connectivity index (χ3n) is 3.47. The van der Waals surface area contributed by atoms with Crippen LogP contribution < -0.4 is 5.73 Å². The van der Waals surface area contributed by atoms with Crippen molar-refractivity contribution in [1.29, 1.82) is 0 Å². The number of ether oxygens (including phenoxy) is 1. The lowest BCUT2D eigenvalue weighted by molar-refractivity contribution is -0.0721. The highest BCUT2D eigenvalue weighted by atomic mass is 32.1. The number of aromatic nitrogens is 4. The SMILES string of the molecule is [2H]C([2H])(O)[C@H]1O[C@@H](n2cnc3c(=S)nc(N)[nH]c32)C(O)(C#C)[C@H]1O. The van der Waals surface area contributed by atoms with Crippen molar-refractivity contribution in [3.8, 4) is 12.3 Å². The van der Waals surface area contributed by atoms with Gasteiger partial charge in [0.15, 0.2) is 22.4 Å². The molecule has 9 nitrogen and oxygen atoms in total. The molecule has 1 fully saturated rings. The number of aliphatic hydroxyl groups is 3. The van der Waals surface area contributed by atoms with Gasteiger partial charge in [0.05, 0.1) is 15.6 Å². The molecule has 3 heterocycles. The molecule has 22 heavy (non-hydrogen) atoms. The summed E-state index contributed by atoms with van der Waals surface area (Å²) in [6.07, 6.45) is 1.39. The van der Waals surface area contributed by atoms with E-state index in [0.717, 1.165) is 0 Å². The van der Waals surface area contributed by atoms with E-state index < -0.39 is 30.6 Å². The Morgan fingerprint density at radius 2 is 2.45 bits per heavy atom. The third kappa shape index (κ3) is 1.92. The van der Waals surface area contributed by atoms with Crippen LogP contribution in [0.15, 0.2) is 6.33 Å². The Kier molecular flexibility index (Phi) is 2.85. The van der Waals surface area contributed by atoms with Crippen LogP contribution in [0.4, 0.5) is 5.95 Å². The number of hydrogen-bond acceptors (Lipinski definition) is 8. The summed E-state index contributed by atoms with van der Waals surface area (Å²) < 4.78 is 21.3. The highest BCUT2D eigenvalue weighted by molar-refractivity contribution is 7.71. The van der Waals surface area contributed by atoms with Gasteiger partial charge >= 0.3 is 0 Å². The van der Waals surface area contributed by atoms with Gasteiger partial charge in [-0.3, -0.25) is 4.57 Å². The topological polar surface area (TPSA) is 142 Å². The van der Waals surface area contributed by atoms with Crippen LogP contribution in [-0.2, 0) is 4.74 Å². The highest BCUT2D eigenvalue weighted by Gasteiger charge is 2.55. The average Bonchev–Trinajstić information content (AvgIpc) is 2.99. The van der Waals surface area contributed by atoms with E-state index >= 15 is 0 Å². The Morgan fingerprint density at radius 1 is 1.73 bits per heavy atom. The minimum absolute atomic E-state index is 0.0221. The van der Waals surface area contributed by atoms with Crippen LogP contribution in [0, 0.1) is 17.0 Å². The van der Waals surface area contributed by atoms with Crippen molar-refractivity contribution in [3.63, 3.8) is 0 Å². The molecule has 3 rings (SSSR count). The molecule has 2 aromatic rings. The first-order valence-corrected chi connectivity index (χ1v) is 6.48. The number of H-pyrrole nitrogens is 1. The number of fused-ring (bicyclic) bond motifs is 1. The van der Waals surface area contributed by atoms with Gasteiger partial charge in [0.2, 0.25) is 0 Å². The second kappa shape index (κ2) is 5.01. The van der Waals surface area contributed by atoms with Crippen molar-refractivity contribution in [1.82, 2.24) is 19.5 Å². The number of imidazole rings is 1. The van der Waals surface area contributed by atoms with Gasteiger partial charge in [0.25, 0.3) is 0 Å². The largest absolute Gasteiger partial charge is 0.394 e. The summed E-state index contributed by atoms with van der Waals surface area (Å²) >= 11 is 5.04. The van der Waals surface area contributed by atoms with Gasteiger partial charge in [-0.05, 0) is 0 Å². The van der Waals surface area contributed by atoms with Gasteiger partial charge in [0, 0.05) is 0 Å². The number of aliphatic hydroxyl groups excluding tert-OH is 1. The molecule has 0 amide bonds. The first-order valence-electron chi connectivity index (χ1n) is 7.08. The number of nitrogens with two attached hydrogens (primary N) is 1. The zero-order valence-corrected chi connectivity index (χ0v) is 11.8. The molecule has 2 aromatic heterocycles. The predicted molar refractivity (Wildman–Crippen MR) is 77.9 cm³/mol. The highest BCUT2D eigenvalue weighted by Crippen LogP contribution is 2.39. The second-order valence-electron chi connectivity index (χ2n) is 4.73. The average molecular weight is 325 g/mol. The summed E-state index contributed by atoms with van der Waals surface area (Å²) in [7, 11) is 0. The van der Waals surface area contributed by atoms with Gasteiger partial charge < -0.3 is 30.8 Å². The molecule has 0 radical (unpaired) electrons. The van der Waals surface area contributed by atoms with Crippen molar-refractivity contribution in [3.05, 3.63) is 11.0 Å². The lowest BCUT2D eigenvalue weighted by atomic mass is 9.95. The standard InChI is InChI=1S/C12H13N5O4S/c1-2-12(20)7(19)5(3-18)21-10(12)17-4-14-6-8(17)15-11(13)16-9(6)22/h1,4-5,7,10,18-20H,3H2,(H3,13,15,16,22)/t5-,7+,10-,12?/m1/s1/i3D2. The van der Waals surface area contributed by atoms with Crippen molar-refractivity contribution in [2.24, 2.45) is 0 Å². The van der Waals surface area contributed by atoms with Crippen LogP contribution in [0.1, 0.15) is 8.97 Å². The first-order chi connectivity index (χ1) is 11.1. The van der Waals surface area contributed by atoms with Gasteiger partial charge in [-0.15, -0.1) is 6.42 Å². The normalized spacial score (nSPS) is 33.5. The maximum absolute atomic E-state index is 10.6. The van der Waals surface area contributed by atoms with E-state index in [1.165, 1.54) is 10.9 Å². The predicted octanol–water partition coefficient (Wildman–Crippen LogP) is -1.31. The molecule has 1 saturated heterocycles. The summed E-state index contributed by atoms with van der Waals surface area (Å²) in [6.45, 7) is -2.94. The van der Waals surface area contributed by atoms with Crippen molar-refractivity contribution < 1.29 is 22.8 Å². The Balaban J connectivity index is 2.19. The molecule has 1 aliphatic heterocycles. The number of rotatable bonds is 2. The molecule has 1 unspecified atom stereocenters. The number of nitrogens with zero attached hydrogens (tertiary/aromatic N) is 3. The van der Waals surface area contributed by atoms with Crippen LogP contribution in [0.25, 0.3) is 11.2 Å². The Morgan fingerprint density at radius 3 is 3.09 bits per heavy atom. The molecule has 1 aliphatic rings. The van der Waals surface area contributed by atoms with Crippen molar-refractivity contribution >= 4 is 29.3 Å².